The van der Waals surface area contributed by atoms with Crippen LogP contribution in [0, 0.1) is 5.92 Å². The number of halogens is 1. The fourth-order valence-corrected chi connectivity index (χ4v) is 2.35. The highest BCUT2D eigenvalue weighted by atomic mass is 35.5. The van der Waals surface area contributed by atoms with Gasteiger partial charge in [-0.2, -0.15) is 0 Å². The Bertz CT molecular complexity index is 357. The van der Waals surface area contributed by atoms with Crippen LogP contribution in [0.2, 0.25) is 5.02 Å². The van der Waals surface area contributed by atoms with Crippen molar-refractivity contribution in [2.75, 3.05) is 18.8 Å². The van der Waals surface area contributed by atoms with Crippen molar-refractivity contribution in [2.45, 2.75) is 26.3 Å². The maximum atomic E-state index is 6.01. The van der Waals surface area contributed by atoms with E-state index >= 15 is 0 Å². The molecule has 0 spiro atoms. The lowest BCUT2D eigenvalue weighted by Crippen LogP contribution is -2.32. The molecule has 1 aliphatic rings. The normalized spacial score (nSPS) is 18.9. The van der Waals surface area contributed by atoms with Crippen molar-refractivity contribution in [1.82, 2.24) is 4.90 Å². The number of hydrogen-bond acceptors (Lipinski definition) is 2. The van der Waals surface area contributed by atoms with Crippen LogP contribution in [-0.4, -0.2) is 18.0 Å². The zero-order chi connectivity index (χ0) is 11.5. The van der Waals surface area contributed by atoms with Gasteiger partial charge in [0, 0.05) is 6.54 Å². The van der Waals surface area contributed by atoms with E-state index in [9.17, 15) is 0 Å². The lowest BCUT2D eigenvalue weighted by atomic mass is 9.99. The number of nitrogen functional groups attached to an aromatic ring is 1. The summed E-state index contributed by atoms with van der Waals surface area (Å²) in [6.07, 6.45) is 2.62. The molecule has 3 heteroatoms. The lowest BCUT2D eigenvalue weighted by molar-refractivity contribution is 0.185. The third kappa shape index (κ3) is 2.89. The summed E-state index contributed by atoms with van der Waals surface area (Å²) < 4.78 is 0. The van der Waals surface area contributed by atoms with Gasteiger partial charge in [-0.1, -0.05) is 24.6 Å². The molecule has 0 atom stereocenters. The van der Waals surface area contributed by atoms with Crippen LogP contribution in [0.15, 0.2) is 18.2 Å². The second-order valence-electron chi connectivity index (χ2n) is 4.81. The van der Waals surface area contributed by atoms with Crippen molar-refractivity contribution in [3.05, 3.63) is 28.8 Å². The highest BCUT2D eigenvalue weighted by Gasteiger charge is 2.15. The summed E-state index contributed by atoms with van der Waals surface area (Å²) in [6, 6.07) is 5.94. The van der Waals surface area contributed by atoms with Gasteiger partial charge in [-0.15, -0.1) is 0 Å². The van der Waals surface area contributed by atoms with E-state index in [1.54, 1.807) is 0 Å². The molecule has 1 fully saturated rings. The first-order valence-electron chi connectivity index (χ1n) is 5.91. The molecule has 1 aliphatic heterocycles. The average Bonchev–Trinajstić information content (AvgIpc) is 2.27. The van der Waals surface area contributed by atoms with Crippen LogP contribution in [0.3, 0.4) is 0 Å². The molecule has 2 nitrogen and oxygen atoms in total. The Morgan fingerprint density at radius 1 is 1.38 bits per heavy atom. The Kier molecular flexibility index (Phi) is 3.72. The van der Waals surface area contributed by atoms with E-state index in [2.05, 4.69) is 17.9 Å². The fourth-order valence-electron chi connectivity index (χ4n) is 2.15. The first kappa shape index (κ1) is 11.7. The van der Waals surface area contributed by atoms with E-state index in [1.165, 1.54) is 31.5 Å². The smallest absolute Gasteiger partial charge is 0.0638 e. The number of likely N-dealkylation sites (tertiary alicyclic amines) is 1. The standard InChI is InChI=1S/C13H19ClN2/c1-10-4-6-16(7-5-10)9-11-2-3-13(15)12(14)8-11/h2-3,8,10H,4-7,9,15H2,1H3. The monoisotopic (exact) mass is 238 g/mol. The van der Waals surface area contributed by atoms with Crippen molar-refractivity contribution in [3.8, 4) is 0 Å². The summed E-state index contributed by atoms with van der Waals surface area (Å²) in [5, 5.41) is 0.669. The predicted octanol–water partition coefficient (Wildman–Crippen LogP) is 3.15. The van der Waals surface area contributed by atoms with Crippen molar-refractivity contribution in [1.29, 1.82) is 0 Å². The quantitative estimate of drug-likeness (QED) is 0.802. The van der Waals surface area contributed by atoms with E-state index in [0.717, 1.165) is 12.5 Å². The Hall–Kier alpha value is -0.730. The molecule has 16 heavy (non-hydrogen) atoms. The van der Waals surface area contributed by atoms with Crippen LogP contribution in [0.5, 0.6) is 0 Å². The van der Waals surface area contributed by atoms with Gasteiger partial charge in [-0.05, 0) is 49.5 Å². The largest absolute Gasteiger partial charge is 0.398 e. The first-order chi connectivity index (χ1) is 7.65. The van der Waals surface area contributed by atoms with E-state index in [-0.39, 0.29) is 0 Å². The first-order valence-corrected chi connectivity index (χ1v) is 6.29. The average molecular weight is 239 g/mol. The molecule has 0 radical (unpaired) electrons. The highest BCUT2D eigenvalue weighted by Crippen LogP contribution is 2.22. The molecule has 1 aromatic carbocycles. The number of piperidine rings is 1. The zero-order valence-corrected chi connectivity index (χ0v) is 10.5. The summed E-state index contributed by atoms with van der Waals surface area (Å²) >= 11 is 6.01. The van der Waals surface area contributed by atoms with Crippen LogP contribution in [0.4, 0.5) is 5.69 Å². The van der Waals surface area contributed by atoms with Crippen LogP contribution >= 0.6 is 11.6 Å². The van der Waals surface area contributed by atoms with Crippen molar-refractivity contribution >= 4 is 17.3 Å². The second kappa shape index (κ2) is 5.07. The number of nitrogens with zero attached hydrogens (tertiary/aromatic N) is 1. The van der Waals surface area contributed by atoms with Gasteiger partial charge in [0.05, 0.1) is 10.7 Å². The van der Waals surface area contributed by atoms with Crippen LogP contribution in [-0.2, 0) is 6.54 Å². The molecule has 2 N–H and O–H groups in total. The molecule has 0 bridgehead atoms. The van der Waals surface area contributed by atoms with E-state index in [0.29, 0.717) is 10.7 Å². The molecular formula is C13H19ClN2. The van der Waals surface area contributed by atoms with Gasteiger partial charge >= 0.3 is 0 Å². The molecule has 1 saturated heterocycles. The molecule has 2 rings (SSSR count). The minimum Gasteiger partial charge on any atom is -0.398 e. The second-order valence-corrected chi connectivity index (χ2v) is 5.22. The molecule has 1 aromatic rings. The van der Waals surface area contributed by atoms with Gasteiger partial charge in [-0.3, -0.25) is 4.90 Å². The number of hydrogen-bond donors (Lipinski definition) is 1. The van der Waals surface area contributed by atoms with Gasteiger partial charge in [0.1, 0.15) is 0 Å². The fraction of sp³-hybridized carbons (Fsp3) is 0.538. The summed E-state index contributed by atoms with van der Waals surface area (Å²) in [7, 11) is 0. The molecule has 0 amide bonds. The van der Waals surface area contributed by atoms with Crippen LogP contribution < -0.4 is 5.73 Å². The Morgan fingerprint density at radius 2 is 2.06 bits per heavy atom. The Balaban J connectivity index is 1.96. The molecule has 0 unspecified atom stereocenters. The van der Waals surface area contributed by atoms with E-state index < -0.39 is 0 Å². The van der Waals surface area contributed by atoms with Crippen molar-refractivity contribution in [2.24, 2.45) is 5.92 Å². The van der Waals surface area contributed by atoms with Gasteiger partial charge in [0.15, 0.2) is 0 Å². The minimum atomic E-state index is 0.665. The number of rotatable bonds is 2. The highest BCUT2D eigenvalue weighted by molar-refractivity contribution is 6.33. The Morgan fingerprint density at radius 3 is 2.69 bits per heavy atom. The van der Waals surface area contributed by atoms with Crippen molar-refractivity contribution < 1.29 is 0 Å². The lowest BCUT2D eigenvalue weighted by Gasteiger charge is -2.30. The summed E-state index contributed by atoms with van der Waals surface area (Å²) in [5.74, 6) is 0.881. The number of nitrogens with two attached hydrogens (primary N) is 1. The molecule has 0 aromatic heterocycles. The van der Waals surface area contributed by atoms with Crippen LogP contribution in [0.1, 0.15) is 25.3 Å². The number of anilines is 1. The summed E-state index contributed by atoms with van der Waals surface area (Å²) in [6.45, 7) is 5.72. The Labute approximate surface area is 102 Å². The van der Waals surface area contributed by atoms with Crippen molar-refractivity contribution in [3.63, 3.8) is 0 Å². The summed E-state index contributed by atoms with van der Waals surface area (Å²) in [5.41, 5.74) is 7.62. The van der Waals surface area contributed by atoms with Crippen LogP contribution in [0.25, 0.3) is 0 Å². The molecular weight excluding hydrogens is 220 g/mol. The molecule has 1 heterocycles. The van der Waals surface area contributed by atoms with Gasteiger partial charge in [-0.25, -0.2) is 0 Å². The molecule has 0 saturated carbocycles. The molecule has 0 aliphatic carbocycles. The van der Waals surface area contributed by atoms with Gasteiger partial charge in [0.2, 0.25) is 0 Å². The third-order valence-electron chi connectivity index (χ3n) is 3.35. The van der Waals surface area contributed by atoms with E-state index in [4.69, 9.17) is 17.3 Å². The maximum absolute atomic E-state index is 6.01. The zero-order valence-electron chi connectivity index (χ0n) is 9.75. The molecule has 88 valence electrons. The number of benzene rings is 1. The predicted molar refractivity (Wildman–Crippen MR) is 69.5 cm³/mol. The van der Waals surface area contributed by atoms with Gasteiger partial charge in [0.25, 0.3) is 0 Å². The maximum Gasteiger partial charge on any atom is 0.0638 e. The SMILES string of the molecule is CC1CCN(Cc2ccc(N)c(Cl)c2)CC1. The topological polar surface area (TPSA) is 29.3 Å². The summed E-state index contributed by atoms with van der Waals surface area (Å²) in [4.78, 5) is 2.49. The van der Waals surface area contributed by atoms with Gasteiger partial charge < -0.3 is 5.73 Å². The third-order valence-corrected chi connectivity index (χ3v) is 3.67. The van der Waals surface area contributed by atoms with E-state index in [1.807, 2.05) is 12.1 Å². The minimum absolute atomic E-state index is 0.665.